The van der Waals surface area contributed by atoms with Crippen molar-refractivity contribution in [3.05, 3.63) is 28.8 Å². The maximum absolute atomic E-state index is 12.8. The minimum Gasteiger partial charge on any atom is -0.258 e. The topological polar surface area (TPSA) is 12.9 Å². The summed E-state index contributed by atoms with van der Waals surface area (Å²) in [4.78, 5) is 3.85. The van der Waals surface area contributed by atoms with Crippen LogP contribution in [0.4, 0.5) is 4.39 Å². The largest absolute Gasteiger partial charge is 0.258 e. The molecule has 1 aromatic heterocycles. The van der Waals surface area contributed by atoms with Crippen LogP contribution < -0.4 is 0 Å². The average Bonchev–Trinajstić information content (AvgIpc) is 1.99. The number of aromatic nitrogens is 1. The molecular formula is C8H9ClFN. The molecule has 0 radical (unpaired) electrons. The van der Waals surface area contributed by atoms with Crippen molar-refractivity contribution in [3.8, 4) is 0 Å². The second kappa shape index (κ2) is 3.18. The molecule has 0 fully saturated rings. The molecule has 11 heavy (non-hydrogen) atoms. The molecule has 1 aromatic rings. The van der Waals surface area contributed by atoms with Crippen molar-refractivity contribution in [2.24, 2.45) is 0 Å². The molecule has 60 valence electrons. The molecule has 1 heterocycles. The maximum Gasteiger partial charge on any atom is 0.144 e. The first-order valence-corrected chi connectivity index (χ1v) is 3.86. The standard InChI is InChI=1S/C8H9ClFN/c1-5-7(3-9)6(2)11-4-8(5)10/h4H,3H2,1-2H3. The zero-order valence-electron chi connectivity index (χ0n) is 6.49. The lowest BCUT2D eigenvalue weighted by Gasteiger charge is -2.04. The fourth-order valence-corrected chi connectivity index (χ4v) is 1.33. The average molecular weight is 174 g/mol. The van der Waals surface area contributed by atoms with Gasteiger partial charge in [-0.3, -0.25) is 4.98 Å². The summed E-state index contributed by atoms with van der Waals surface area (Å²) >= 11 is 5.60. The number of aryl methyl sites for hydroxylation is 1. The predicted octanol–water partition coefficient (Wildman–Crippen LogP) is 2.58. The van der Waals surface area contributed by atoms with Crippen molar-refractivity contribution in [2.45, 2.75) is 19.7 Å². The number of hydrogen-bond donors (Lipinski definition) is 0. The van der Waals surface area contributed by atoms with Gasteiger partial charge in [0, 0.05) is 11.6 Å². The Morgan fingerprint density at radius 1 is 1.55 bits per heavy atom. The first kappa shape index (κ1) is 8.47. The fourth-order valence-electron chi connectivity index (χ4n) is 0.941. The Kier molecular flexibility index (Phi) is 2.45. The molecule has 0 N–H and O–H groups in total. The minimum absolute atomic E-state index is 0.286. The molecule has 0 spiro atoms. The molecule has 0 aromatic carbocycles. The molecule has 0 bridgehead atoms. The van der Waals surface area contributed by atoms with Crippen LogP contribution in [0.3, 0.4) is 0 Å². The van der Waals surface area contributed by atoms with Gasteiger partial charge < -0.3 is 0 Å². The lowest BCUT2D eigenvalue weighted by Crippen LogP contribution is -1.96. The van der Waals surface area contributed by atoms with Gasteiger partial charge in [0.05, 0.1) is 6.20 Å². The zero-order valence-corrected chi connectivity index (χ0v) is 7.24. The molecule has 0 aliphatic carbocycles. The Balaban J connectivity index is 3.29. The number of nitrogens with zero attached hydrogens (tertiary/aromatic N) is 1. The van der Waals surface area contributed by atoms with Gasteiger partial charge in [0.2, 0.25) is 0 Å². The fraction of sp³-hybridized carbons (Fsp3) is 0.375. The van der Waals surface area contributed by atoms with Gasteiger partial charge in [-0.2, -0.15) is 0 Å². The zero-order chi connectivity index (χ0) is 8.43. The Hall–Kier alpha value is -0.630. The van der Waals surface area contributed by atoms with Crippen molar-refractivity contribution >= 4 is 11.6 Å². The van der Waals surface area contributed by atoms with Gasteiger partial charge in [-0.15, -0.1) is 11.6 Å². The van der Waals surface area contributed by atoms with Gasteiger partial charge >= 0.3 is 0 Å². The van der Waals surface area contributed by atoms with Crippen LogP contribution in [0.25, 0.3) is 0 Å². The van der Waals surface area contributed by atoms with Crippen LogP contribution in [-0.4, -0.2) is 4.98 Å². The van der Waals surface area contributed by atoms with Gasteiger partial charge in [-0.05, 0) is 25.0 Å². The van der Waals surface area contributed by atoms with Gasteiger partial charge in [-0.25, -0.2) is 4.39 Å². The monoisotopic (exact) mass is 173 g/mol. The van der Waals surface area contributed by atoms with Gasteiger partial charge in [0.25, 0.3) is 0 Å². The SMILES string of the molecule is Cc1ncc(F)c(C)c1CCl. The van der Waals surface area contributed by atoms with Crippen LogP contribution in [0.2, 0.25) is 0 Å². The van der Waals surface area contributed by atoms with Crippen LogP contribution in [0.5, 0.6) is 0 Å². The molecule has 0 unspecified atom stereocenters. The lowest BCUT2D eigenvalue weighted by molar-refractivity contribution is 0.608. The summed E-state index contributed by atoms with van der Waals surface area (Å²) < 4.78 is 12.8. The van der Waals surface area contributed by atoms with Crippen molar-refractivity contribution in [3.63, 3.8) is 0 Å². The highest BCUT2D eigenvalue weighted by Crippen LogP contribution is 2.16. The molecule has 0 aliphatic rings. The van der Waals surface area contributed by atoms with E-state index < -0.39 is 0 Å². The Labute approximate surface area is 70.2 Å². The van der Waals surface area contributed by atoms with Crippen molar-refractivity contribution in [1.29, 1.82) is 0 Å². The van der Waals surface area contributed by atoms with Gasteiger partial charge in [-0.1, -0.05) is 0 Å². The highest BCUT2D eigenvalue weighted by Gasteiger charge is 2.06. The van der Waals surface area contributed by atoms with E-state index in [1.807, 2.05) is 6.92 Å². The smallest absolute Gasteiger partial charge is 0.144 e. The molecule has 1 nitrogen and oxygen atoms in total. The van der Waals surface area contributed by atoms with E-state index in [0.717, 1.165) is 11.3 Å². The van der Waals surface area contributed by atoms with Crippen molar-refractivity contribution in [2.75, 3.05) is 0 Å². The number of hydrogen-bond acceptors (Lipinski definition) is 1. The summed E-state index contributed by atoms with van der Waals surface area (Å²) in [7, 11) is 0. The van der Waals surface area contributed by atoms with Crippen LogP contribution in [0, 0.1) is 19.7 Å². The van der Waals surface area contributed by atoms with Crippen molar-refractivity contribution in [1.82, 2.24) is 4.98 Å². The van der Waals surface area contributed by atoms with E-state index in [-0.39, 0.29) is 5.82 Å². The second-order valence-electron chi connectivity index (χ2n) is 2.43. The first-order valence-electron chi connectivity index (χ1n) is 3.33. The molecular weight excluding hydrogens is 165 g/mol. The predicted molar refractivity (Wildman–Crippen MR) is 43.2 cm³/mol. The molecule has 0 amide bonds. The Morgan fingerprint density at radius 3 is 2.64 bits per heavy atom. The molecule has 0 saturated heterocycles. The second-order valence-corrected chi connectivity index (χ2v) is 2.70. The summed E-state index contributed by atoms with van der Waals surface area (Å²) in [5.41, 5.74) is 2.21. The number of alkyl halides is 1. The molecule has 0 saturated carbocycles. The first-order chi connectivity index (χ1) is 5.16. The number of pyridine rings is 1. The third-order valence-electron chi connectivity index (χ3n) is 1.75. The van der Waals surface area contributed by atoms with E-state index in [1.54, 1.807) is 6.92 Å². The van der Waals surface area contributed by atoms with E-state index in [0.29, 0.717) is 11.4 Å². The number of rotatable bonds is 1. The Morgan fingerprint density at radius 2 is 2.18 bits per heavy atom. The summed E-state index contributed by atoms with van der Waals surface area (Å²) in [6.07, 6.45) is 1.22. The van der Waals surface area contributed by atoms with Crippen LogP contribution in [0.15, 0.2) is 6.20 Å². The highest BCUT2D eigenvalue weighted by atomic mass is 35.5. The summed E-state index contributed by atoms with van der Waals surface area (Å²) in [6, 6.07) is 0. The van der Waals surface area contributed by atoms with Crippen LogP contribution in [0.1, 0.15) is 16.8 Å². The summed E-state index contributed by atoms with van der Waals surface area (Å²) in [5.74, 6) is 0.0360. The highest BCUT2D eigenvalue weighted by molar-refractivity contribution is 6.17. The van der Waals surface area contributed by atoms with E-state index in [4.69, 9.17) is 11.6 Å². The molecule has 1 rings (SSSR count). The van der Waals surface area contributed by atoms with Gasteiger partial charge in [0.1, 0.15) is 5.82 Å². The van der Waals surface area contributed by atoms with Gasteiger partial charge in [0.15, 0.2) is 0 Å². The Bertz CT molecular complexity index is 273. The minimum atomic E-state index is -0.286. The summed E-state index contributed by atoms with van der Waals surface area (Å²) in [5, 5.41) is 0. The summed E-state index contributed by atoms with van der Waals surface area (Å²) in [6.45, 7) is 3.53. The van der Waals surface area contributed by atoms with Crippen molar-refractivity contribution < 1.29 is 4.39 Å². The molecule has 3 heteroatoms. The third-order valence-corrected chi connectivity index (χ3v) is 2.02. The van der Waals surface area contributed by atoms with Crippen LogP contribution >= 0.6 is 11.6 Å². The number of halogens is 2. The normalized spacial score (nSPS) is 10.2. The van der Waals surface area contributed by atoms with E-state index in [9.17, 15) is 4.39 Å². The molecule has 0 atom stereocenters. The quantitative estimate of drug-likeness (QED) is 0.595. The van der Waals surface area contributed by atoms with Crippen LogP contribution in [-0.2, 0) is 5.88 Å². The maximum atomic E-state index is 12.8. The third kappa shape index (κ3) is 1.51. The molecule has 0 aliphatic heterocycles. The van der Waals surface area contributed by atoms with E-state index >= 15 is 0 Å². The van der Waals surface area contributed by atoms with E-state index in [1.165, 1.54) is 6.20 Å². The van der Waals surface area contributed by atoms with E-state index in [2.05, 4.69) is 4.98 Å². The lowest BCUT2D eigenvalue weighted by atomic mass is 10.1.